The highest BCUT2D eigenvalue weighted by Crippen LogP contribution is 2.19. The van der Waals surface area contributed by atoms with E-state index in [1.807, 2.05) is 42.5 Å². The summed E-state index contributed by atoms with van der Waals surface area (Å²) in [7, 11) is 1.53. The maximum absolute atomic E-state index is 12.8. The fraction of sp³-hybridized carbons (Fsp3) is 0.286. The van der Waals surface area contributed by atoms with Crippen LogP contribution in [0.15, 0.2) is 54.6 Å². The molecule has 0 unspecified atom stereocenters. The minimum absolute atomic E-state index is 0.184. The van der Waals surface area contributed by atoms with Gasteiger partial charge in [-0.3, -0.25) is 14.4 Å². The van der Waals surface area contributed by atoms with Gasteiger partial charge in [0.1, 0.15) is 17.8 Å². The first-order chi connectivity index (χ1) is 13.4. The topological polar surface area (TPSA) is 111 Å². The van der Waals surface area contributed by atoms with E-state index in [-0.39, 0.29) is 12.3 Å². The number of nitrogens with two attached hydrogens (primary N) is 1. The van der Waals surface area contributed by atoms with E-state index >= 15 is 0 Å². The number of hydrogen-bond acceptors (Lipinski definition) is 4. The lowest BCUT2D eigenvalue weighted by atomic mass is 10.0. The number of carbonyl (C=O) groups is 3. The summed E-state index contributed by atoms with van der Waals surface area (Å²) in [5.41, 5.74) is 7.13. The number of para-hydroxylation sites is 1. The number of nitrogens with one attached hydrogen (secondary N) is 2. The minimum Gasteiger partial charge on any atom is -0.496 e. The van der Waals surface area contributed by atoms with E-state index in [1.54, 1.807) is 12.1 Å². The van der Waals surface area contributed by atoms with Gasteiger partial charge in [0.25, 0.3) is 0 Å². The number of carbonyl (C=O) groups excluding carboxylic acids is 3. The van der Waals surface area contributed by atoms with Crippen molar-refractivity contribution in [3.63, 3.8) is 0 Å². The SMILES string of the molecule is COc1ccccc1C[C@@H](NC(=O)[C@@H](Cc1ccccc1)NC(C)=O)C(N)=O. The highest BCUT2D eigenvalue weighted by Gasteiger charge is 2.26. The highest BCUT2D eigenvalue weighted by atomic mass is 16.5. The molecule has 148 valence electrons. The minimum atomic E-state index is -0.934. The lowest BCUT2D eigenvalue weighted by molar-refractivity contribution is -0.130. The summed E-state index contributed by atoms with van der Waals surface area (Å²) in [6.45, 7) is 1.34. The van der Waals surface area contributed by atoms with Crippen LogP contribution in [0.5, 0.6) is 5.75 Å². The quantitative estimate of drug-likeness (QED) is 0.599. The normalized spacial score (nSPS) is 12.5. The van der Waals surface area contributed by atoms with Crippen molar-refractivity contribution in [2.75, 3.05) is 7.11 Å². The van der Waals surface area contributed by atoms with E-state index in [0.717, 1.165) is 11.1 Å². The average molecular weight is 383 g/mol. The van der Waals surface area contributed by atoms with Crippen molar-refractivity contribution < 1.29 is 19.1 Å². The van der Waals surface area contributed by atoms with E-state index in [2.05, 4.69) is 10.6 Å². The zero-order valence-corrected chi connectivity index (χ0v) is 16.0. The molecule has 0 bridgehead atoms. The van der Waals surface area contributed by atoms with Crippen molar-refractivity contribution >= 4 is 17.7 Å². The van der Waals surface area contributed by atoms with Gasteiger partial charge in [-0.1, -0.05) is 48.5 Å². The Kier molecular flexibility index (Phi) is 7.56. The van der Waals surface area contributed by atoms with Gasteiger partial charge in [-0.25, -0.2) is 0 Å². The third-order valence-corrected chi connectivity index (χ3v) is 4.25. The van der Waals surface area contributed by atoms with Crippen LogP contribution in [0.3, 0.4) is 0 Å². The van der Waals surface area contributed by atoms with Crippen LogP contribution in [-0.2, 0) is 27.2 Å². The third-order valence-electron chi connectivity index (χ3n) is 4.25. The maximum Gasteiger partial charge on any atom is 0.243 e. The van der Waals surface area contributed by atoms with E-state index in [0.29, 0.717) is 12.2 Å². The highest BCUT2D eigenvalue weighted by molar-refractivity contribution is 5.91. The number of hydrogen-bond donors (Lipinski definition) is 3. The lowest BCUT2D eigenvalue weighted by Crippen LogP contribution is -2.54. The molecule has 0 heterocycles. The first-order valence-corrected chi connectivity index (χ1v) is 8.93. The summed E-state index contributed by atoms with van der Waals surface area (Å²) in [6, 6.07) is 14.7. The van der Waals surface area contributed by atoms with E-state index in [9.17, 15) is 14.4 Å². The number of amides is 3. The number of benzene rings is 2. The summed E-state index contributed by atoms with van der Waals surface area (Å²) in [5.74, 6) is -0.875. The number of ether oxygens (including phenoxy) is 1. The molecular formula is C21H25N3O4. The molecule has 0 saturated carbocycles. The van der Waals surface area contributed by atoms with Crippen LogP contribution in [0.25, 0.3) is 0 Å². The van der Waals surface area contributed by atoms with Crippen molar-refractivity contribution in [1.82, 2.24) is 10.6 Å². The molecule has 0 aliphatic carbocycles. The standard InChI is InChI=1S/C21H25N3O4/c1-14(25)23-18(12-15-8-4-3-5-9-15)21(27)24-17(20(22)26)13-16-10-6-7-11-19(16)28-2/h3-11,17-18H,12-13H2,1-2H3,(H2,22,26)(H,23,25)(H,24,27)/t17-,18-/m1/s1. The zero-order valence-electron chi connectivity index (χ0n) is 16.0. The Morgan fingerprint density at radius 1 is 0.929 bits per heavy atom. The van der Waals surface area contributed by atoms with Crippen molar-refractivity contribution in [3.05, 3.63) is 65.7 Å². The molecule has 0 aliphatic rings. The van der Waals surface area contributed by atoms with Crippen LogP contribution >= 0.6 is 0 Å². The number of primary amides is 1. The summed E-state index contributed by atoms with van der Waals surface area (Å²) >= 11 is 0. The molecule has 4 N–H and O–H groups in total. The molecule has 28 heavy (non-hydrogen) atoms. The van der Waals surface area contributed by atoms with E-state index in [1.165, 1.54) is 14.0 Å². The van der Waals surface area contributed by atoms with Crippen LogP contribution in [0.2, 0.25) is 0 Å². The van der Waals surface area contributed by atoms with Gasteiger partial charge in [0.2, 0.25) is 17.7 Å². The van der Waals surface area contributed by atoms with Crippen LogP contribution in [0.1, 0.15) is 18.1 Å². The molecule has 0 spiro atoms. The fourth-order valence-corrected chi connectivity index (χ4v) is 2.89. The molecule has 7 heteroatoms. The third kappa shape index (κ3) is 6.12. The lowest BCUT2D eigenvalue weighted by Gasteiger charge is -2.22. The van der Waals surface area contributed by atoms with Gasteiger partial charge >= 0.3 is 0 Å². The zero-order chi connectivity index (χ0) is 20.5. The Balaban J connectivity index is 2.15. The van der Waals surface area contributed by atoms with Gasteiger partial charge in [-0.2, -0.15) is 0 Å². The summed E-state index contributed by atoms with van der Waals surface area (Å²) < 4.78 is 5.29. The summed E-state index contributed by atoms with van der Waals surface area (Å²) in [6.07, 6.45) is 0.482. The Bertz CT molecular complexity index is 823. The molecule has 2 aromatic rings. The van der Waals surface area contributed by atoms with Crippen LogP contribution < -0.4 is 21.1 Å². The Hall–Kier alpha value is -3.35. The predicted molar refractivity (Wildman–Crippen MR) is 106 cm³/mol. The van der Waals surface area contributed by atoms with Crippen molar-refractivity contribution in [2.24, 2.45) is 5.73 Å². The van der Waals surface area contributed by atoms with Crippen molar-refractivity contribution in [1.29, 1.82) is 0 Å². The Morgan fingerprint density at radius 2 is 1.57 bits per heavy atom. The average Bonchev–Trinajstić information content (AvgIpc) is 2.67. The molecule has 0 aromatic heterocycles. The van der Waals surface area contributed by atoms with Gasteiger partial charge in [0.05, 0.1) is 7.11 Å². The van der Waals surface area contributed by atoms with Crippen molar-refractivity contribution in [3.8, 4) is 5.75 Å². The molecule has 2 atom stereocenters. The molecule has 0 aliphatic heterocycles. The molecule has 0 saturated heterocycles. The van der Waals surface area contributed by atoms with Gasteiger partial charge in [0.15, 0.2) is 0 Å². The fourth-order valence-electron chi connectivity index (χ4n) is 2.89. The predicted octanol–water partition coefficient (Wildman–Crippen LogP) is 0.955. The van der Waals surface area contributed by atoms with Crippen LogP contribution in [0.4, 0.5) is 0 Å². The van der Waals surface area contributed by atoms with Gasteiger partial charge < -0.3 is 21.1 Å². The first-order valence-electron chi connectivity index (χ1n) is 8.93. The van der Waals surface area contributed by atoms with Gasteiger partial charge in [-0.15, -0.1) is 0 Å². The molecule has 2 rings (SSSR count). The number of methoxy groups -OCH3 is 1. The largest absolute Gasteiger partial charge is 0.496 e. The molecule has 0 radical (unpaired) electrons. The van der Waals surface area contributed by atoms with Gasteiger partial charge in [-0.05, 0) is 17.2 Å². The Morgan fingerprint density at radius 3 is 2.18 bits per heavy atom. The molecular weight excluding hydrogens is 358 g/mol. The van der Waals surface area contributed by atoms with E-state index in [4.69, 9.17) is 10.5 Å². The summed E-state index contributed by atoms with van der Waals surface area (Å²) in [5, 5.41) is 5.29. The first kappa shape index (κ1) is 21.0. The second kappa shape index (κ2) is 10.1. The molecule has 0 fully saturated rings. The van der Waals surface area contributed by atoms with E-state index < -0.39 is 23.9 Å². The second-order valence-corrected chi connectivity index (χ2v) is 6.42. The maximum atomic E-state index is 12.8. The van der Waals surface area contributed by atoms with Crippen molar-refractivity contribution in [2.45, 2.75) is 31.8 Å². The summed E-state index contributed by atoms with van der Waals surface area (Å²) in [4.78, 5) is 36.2. The number of rotatable bonds is 9. The smallest absolute Gasteiger partial charge is 0.243 e. The second-order valence-electron chi connectivity index (χ2n) is 6.42. The molecule has 2 aromatic carbocycles. The molecule has 3 amide bonds. The van der Waals surface area contributed by atoms with Crippen LogP contribution in [-0.4, -0.2) is 36.9 Å². The molecule has 7 nitrogen and oxygen atoms in total. The Labute approximate surface area is 164 Å². The monoisotopic (exact) mass is 383 g/mol. The van der Waals surface area contributed by atoms with Gasteiger partial charge in [0, 0.05) is 19.8 Å². The van der Waals surface area contributed by atoms with Crippen LogP contribution in [0, 0.1) is 0 Å².